The van der Waals surface area contributed by atoms with Gasteiger partial charge in [0.15, 0.2) is 24.5 Å². The fourth-order valence-corrected chi connectivity index (χ4v) is 2.30. The molecule has 0 amide bonds. The highest BCUT2D eigenvalue weighted by atomic mass is 16.6. The van der Waals surface area contributed by atoms with E-state index in [2.05, 4.69) is 10.3 Å². The van der Waals surface area contributed by atoms with Gasteiger partial charge in [-0.05, 0) is 0 Å². The van der Waals surface area contributed by atoms with Crippen LogP contribution in [0.3, 0.4) is 0 Å². The SMILES string of the molecule is CC(=O)O[C@@H]1[C@@H](OC(C)=O)[C@@H](n2ccnn2)OC[C@H]1OC(C)=O. The van der Waals surface area contributed by atoms with Crippen LogP contribution in [0, 0.1) is 0 Å². The van der Waals surface area contributed by atoms with Crippen molar-refractivity contribution in [3.05, 3.63) is 12.4 Å². The van der Waals surface area contributed by atoms with E-state index in [0.717, 1.165) is 0 Å². The van der Waals surface area contributed by atoms with E-state index < -0.39 is 42.4 Å². The van der Waals surface area contributed by atoms with E-state index in [9.17, 15) is 14.4 Å². The lowest BCUT2D eigenvalue weighted by atomic mass is 10.0. The van der Waals surface area contributed by atoms with Crippen LogP contribution >= 0.6 is 0 Å². The third kappa shape index (κ3) is 4.25. The van der Waals surface area contributed by atoms with Gasteiger partial charge in [0.2, 0.25) is 0 Å². The number of aromatic nitrogens is 3. The topological polar surface area (TPSA) is 119 Å². The zero-order chi connectivity index (χ0) is 17.0. The maximum Gasteiger partial charge on any atom is 0.303 e. The Balaban J connectivity index is 2.31. The number of carbonyl (C=O) groups is 3. The van der Waals surface area contributed by atoms with Crippen LogP contribution < -0.4 is 0 Å². The molecular weight excluding hydrogens is 310 g/mol. The molecule has 0 spiro atoms. The first-order valence-electron chi connectivity index (χ1n) is 6.87. The van der Waals surface area contributed by atoms with E-state index in [1.54, 1.807) is 0 Å². The van der Waals surface area contributed by atoms with Crippen LogP contribution in [0.25, 0.3) is 0 Å². The molecule has 1 fully saturated rings. The smallest absolute Gasteiger partial charge is 0.303 e. The molecule has 23 heavy (non-hydrogen) atoms. The summed E-state index contributed by atoms with van der Waals surface area (Å²) < 4.78 is 22.5. The molecule has 0 N–H and O–H groups in total. The average Bonchev–Trinajstić information content (AvgIpc) is 2.94. The first-order valence-corrected chi connectivity index (χ1v) is 6.87. The summed E-state index contributed by atoms with van der Waals surface area (Å²) in [6.07, 6.45) is -0.900. The molecule has 2 rings (SSSR count). The minimum Gasteiger partial charge on any atom is -0.456 e. The van der Waals surface area contributed by atoms with Gasteiger partial charge in [0.25, 0.3) is 0 Å². The van der Waals surface area contributed by atoms with Gasteiger partial charge in [0.1, 0.15) is 0 Å². The van der Waals surface area contributed by atoms with Crippen molar-refractivity contribution in [2.75, 3.05) is 6.61 Å². The third-order valence-electron chi connectivity index (χ3n) is 3.03. The monoisotopic (exact) mass is 327 g/mol. The number of nitrogens with zero attached hydrogens (tertiary/aromatic N) is 3. The highest BCUT2D eigenvalue weighted by molar-refractivity contribution is 5.68. The lowest BCUT2D eigenvalue weighted by Crippen LogP contribution is -2.55. The highest BCUT2D eigenvalue weighted by Crippen LogP contribution is 2.30. The molecule has 0 radical (unpaired) electrons. The van der Waals surface area contributed by atoms with Crippen molar-refractivity contribution in [1.29, 1.82) is 0 Å². The number of hydrogen-bond acceptors (Lipinski definition) is 9. The van der Waals surface area contributed by atoms with Gasteiger partial charge in [-0.2, -0.15) is 0 Å². The molecule has 0 unspecified atom stereocenters. The number of carbonyl (C=O) groups excluding carboxylic acids is 3. The minimum atomic E-state index is -1.05. The number of hydrogen-bond donors (Lipinski definition) is 0. The average molecular weight is 327 g/mol. The van der Waals surface area contributed by atoms with Gasteiger partial charge < -0.3 is 18.9 Å². The number of esters is 3. The maximum atomic E-state index is 11.4. The van der Waals surface area contributed by atoms with Crippen molar-refractivity contribution in [3.8, 4) is 0 Å². The second kappa shape index (κ2) is 7.18. The van der Waals surface area contributed by atoms with Crippen molar-refractivity contribution >= 4 is 17.9 Å². The van der Waals surface area contributed by atoms with E-state index in [1.165, 1.54) is 37.8 Å². The molecule has 0 aliphatic carbocycles. The van der Waals surface area contributed by atoms with Crippen molar-refractivity contribution in [2.24, 2.45) is 0 Å². The van der Waals surface area contributed by atoms with Crippen LogP contribution in [0.15, 0.2) is 12.4 Å². The fraction of sp³-hybridized carbons (Fsp3) is 0.615. The van der Waals surface area contributed by atoms with Gasteiger partial charge in [0.05, 0.1) is 12.8 Å². The first kappa shape index (κ1) is 16.9. The Morgan fingerprint density at radius 1 is 1.04 bits per heavy atom. The Kier molecular flexibility index (Phi) is 5.27. The molecule has 1 aromatic heterocycles. The summed E-state index contributed by atoms with van der Waals surface area (Å²) >= 11 is 0. The van der Waals surface area contributed by atoms with Crippen LogP contribution in [-0.4, -0.2) is 57.8 Å². The summed E-state index contributed by atoms with van der Waals surface area (Å²) in [7, 11) is 0. The summed E-state index contributed by atoms with van der Waals surface area (Å²) in [5.74, 6) is -1.79. The molecule has 10 heteroatoms. The zero-order valence-electron chi connectivity index (χ0n) is 12.9. The van der Waals surface area contributed by atoms with Gasteiger partial charge in [-0.1, -0.05) is 5.21 Å². The first-order chi connectivity index (χ1) is 10.9. The van der Waals surface area contributed by atoms with E-state index in [1.807, 2.05) is 0 Å². The molecule has 10 nitrogen and oxygen atoms in total. The van der Waals surface area contributed by atoms with Crippen LogP contribution in [0.2, 0.25) is 0 Å². The second-order valence-electron chi connectivity index (χ2n) is 4.90. The summed E-state index contributed by atoms with van der Waals surface area (Å²) in [6, 6.07) is 0. The predicted molar refractivity (Wildman–Crippen MR) is 71.7 cm³/mol. The summed E-state index contributed by atoms with van der Waals surface area (Å²) in [6.45, 7) is 3.57. The molecular formula is C13H17N3O7. The molecule has 0 saturated carbocycles. The molecule has 0 aromatic carbocycles. The Hall–Kier alpha value is -2.49. The highest BCUT2D eigenvalue weighted by Gasteiger charge is 2.47. The van der Waals surface area contributed by atoms with E-state index >= 15 is 0 Å². The Labute approximate surface area is 131 Å². The van der Waals surface area contributed by atoms with Crippen LogP contribution in [0.1, 0.15) is 27.0 Å². The van der Waals surface area contributed by atoms with Gasteiger partial charge in [-0.15, -0.1) is 5.10 Å². The van der Waals surface area contributed by atoms with Crippen LogP contribution in [-0.2, 0) is 33.3 Å². The molecule has 4 atom stereocenters. The Morgan fingerprint density at radius 3 is 2.17 bits per heavy atom. The standard InChI is InChI=1S/C13H17N3O7/c1-7(17)21-10-6-20-13(16-5-4-14-15-16)12(23-9(3)19)11(10)22-8(2)18/h4-5,10-13H,6H2,1-3H3/t10-,11+,12-,13+/m1/s1. The van der Waals surface area contributed by atoms with Gasteiger partial charge >= 0.3 is 17.9 Å². The molecule has 1 aliphatic rings. The fourth-order valence-electron chi connectivity index (χ4n) is 2.30. The summed E-state index contributed by atoms with van der Waals surface area (Å²) in [5.41, 5.74) is 0. The van der Waals surface area contributed by atoms with Crippen LogP contribution in [0.4, 0.5) is 0 Å². The van der Waals surface area contributed by atoms with E-state index in [0.29, 0.717) is 0 Å². The van der Waals surface area contributed by atoms with Crippen LogP contribution in [0.5, 0.6) is 0 Å². The van der Waals surface area contributed by atoms with Gasteiger partial charge in [0, 0.05) is 27.0 Å². The van der Waals surface area contributed by atoms with Gasteiger partial charge in [-0.3, -0.25) is 14.4 Å². The molecule has 1 saturated heterocycles. The molecule has 0 bridgehead atoms. The van der Waals surface area contributed by atoms with E-state index in [4.69, 9.17) is 18.9 Å². The number of ether oxygens (including phenoxy) is 4. The van der Waals surface area contributed by atoms with Gasteiger partial charge in [-0.25, -0.2) is 4.68 Å². The lowest BCUT2D eigenvalue weighted by molar-refractivity contribution is -0.241. The Bertz CT molecular complexity index is 574. The lowest BCUT2D eigenvalue weighted by Gasteiger charge is -2.40. The summed E-state index contributed by atoms with van der Waals surface area (Å²) in [5, 5.41) is 7.46. The van der Waals surface area contributed by atoms with Crippen molar-refractivity contribution < 1.29 is 33.3 Å². The van der Waals surface area contributed by atoms with Crippen molar-refractivity contribution in [1.82, 2.24) is 15.0 Å². The van der Waals surface area contributed by atoms with Crippen molar-refractivity contribution in [2.45, 2.75) is 45.3 Å². The predicted octanol–water partition coefficient (Wildman–Crippen LogP) is -0.398. The summed E-state index contributed by atoms with van der Waals surface area (Å²) in [4.78, 5) is 34.0. The normalized spacial score (nSPS) is 27.1. The quantitative estimate of drug-likeness (QED) is 0.537. The molecule has 2 heterocycles. The molecule has 1 aromatic rings. The Morgan fingerprint density at radius 2 is 1.65 bits per heavy atom. The van der Waals surface area contributed by atoms with E-state index in [-0.39, 0.29) is 6.61 Å². The number of rotatable bonds is 4. The molecule has 126 valence electrons. The minimum absolute atomic E-state index is 0.0557. The maximum absolute atomic E-state index is 11.4. The molecule has 1 aliphatic heterocycles. The van der Waals surface area contributed by atoms with Crippen molar-refractivity contribution in [3.63, 3.8) is 0 Å². The zero-order valence-corrected chi connectivity index (χ0v) is 12.9. The third-order valence-corrected chi connectivity index (χ3v) is 3.03. The largest absolute Gasteiger partial charge is 0.456 e. The second-order valence-corrected chi connectivity index (χ2v) is 4.90.